The zero-order valence-corrected chi connectivity index (χ0v) is 13.5. The minimum Gasteiger partial charge on any atom is -0.497 e. The lowest BCUT2D eigenvalue weighted by molar-refractivity contribution is 0.0194. The number of nitrogens with zero attached hydrogens (tertiary/aromatic N) is 1. The van der Waals surface area contributed by atoms with Crippen LogP contribution in [-0.2, 0) is 16.0 Å². The van der Waals surface area contributed by atoms with Crippen molar-refractivity contribution in [3.8, 4) is 5.75 Å². The lowest BCUT2D eigenvalue weighted by atomic mass is 10.2. The highest BCUT2D eigenvalue weighted by molar-refractivity contribution is 5.28. The molecular formula is C17H27NO4. The molecule has 0 spiro atoms. The van der Waals surface area contributed by atoms with Gasteiger partial charge < -0.3 is 19.3 Å². The van der Waals surface area contributed by atoms with Gasteiger partial charge in [-0.3, -0.25) is 4.90 Å². The van der Waals surface area contributed by atoms with Gasteiger partial charge in [-0.1, -0.05) is 18.2 Å². The minimum atomic E-state index is -0.539. The van der Waals surface area contributed by atoms with Crippen molar-refractivity contribution in [2.24, 2.45) is 0 Å². The third-order valence-corrected chi connectivity index (χ3v) is 3.17. The van der Waals surface area contributed by atoms with Crippen molar-refractivity contribution in [3.05, 3.63) is 42.5 Å². The van der Waals surface area contributed by atoms with Crippen LogP contribution in [0.1, 0.15) is 5.56 Å². The molecule has 5 heteroatoms. The molecule has 1 N–H and O–H groups in total. The van der Waals surface area contributed by atoms with E-state index in [4.69, 9.17) is 14.2 Å². The number of aliphatic hydroxyl groups excluding tert-OH is 1. The van der Waals surface area contributed by atoms with Crippen molar-refractivity contribution < 1.29 is 19.3 Å². The number of hydrogen-bond acceptors (Lipinski definition) is 5. The maximum absolute atomic E-state index is 10.1. The highest BCUT2D eigenvalue weighted by Crippen LogP contribution is 2.14. The summed E-state index contributed by atoms with van der Waals surface area (Å²) < 4.78 is 15.7. The molecular weight excluding hydrogens is 282 g/mol. The summed E-state index contributed by atoms with van der Waals surface area (Å²) in [5, 5.41) is 10.1. The van der Waals surface area contributed by atoms with Crippen molar-refractivity contribution in [1.82, 2.24) is 4.90 Å². The van der Waals surface area contributed by atoms with Crippen LogP contribution < -0.4 is 4.74 Å². The maximum Gasteiger partial charge on any atom is 0.119 e. The van der Waals surface area contributed by atoms with E-state index < -0.39 is 6.10 Å². The lowest BCUT2D eigenvalue weighted by Crippen LogP contribution is -2.36. The molecule has 0 saturated carbocycles. The summed E-state index contributed by atoms with van der Waals surface area (Å²) in [5.41, 5.74) is 1.13. The molecule has 1 rings (SSSR count). The van der Waals surface area contributed by atoms with Crippen LogP contribution in [0.2, 0.25) is 0 Å². The Labute approximate surface area is 133 Å². The van der Waals surface area contributed by atoms with Crippen LogP contribution in [0.3, 0.4) is 0 Å². The van der Waals surface area contributed by atoms with Gasteiger partial charge >= 0.3 is 0 Å². The summed E-state index contributed by atoms with van der Waals surface area (Å²) in [6, 6.07) is 7.93. The smallest absolute Gasteiger partial charge is 0.119 e. The van der Waals surface area contributed by atoms with Crippen LogP contribution in [0.25, 0.3) is 0 Å². The largest absolute Gasteiger partial charge is 0.497 e. The van der Waals surface area contributed by atoms with E-state index in [1.165, 1.54) is 0 Å². The maximum atomic E-state index is 10.1. The zero-order chi connectivity index (χ0) is 16.2. The Morgan fingerprint density at radius 3 is 2.86 bits per heavy atom. The van der Waals surface area contributed by atoms with Crippen LogP contribution in [0.15, 0.2) is 36.9 Å². The number of aliphatic hydroxyl groups is 1. The van der Waals surface area contributed by atoms with E-state index in [9.17, 15) is 5.11 Å². The first-order valence-corrected chi connectivity index (χ1v) is 7.40. The molecule has 0 aliphatic rings. The Balaban J connectivity index is 2.56. The van der Waals surface area contributed by atoms with Gasteiger partial charge in [-0.2, -0.15) is 0 Å². The summed E-state index contributed by atoms with van der Waals surface area (Å²) in [6.45, 7) is 6.94. The Kier molecular flexibility index (Phi) is 9.50. The normalized spacial score (nSPS) is 12.4. The lowest BCUT2D eigenvalue weighted by Gasteiger charge is -2.25. The second-order valence-corrected chi connectivity index (χ2v) is 5.06. The van der Waals surface area contributed by atoms with Gasteiger partial charge in [0.2, 0.25) is 0 Å². The molecule has 1 aromatic carbocycles. The Morgan fingerprint density at radius 2 is 2.18 bits per heavy atom. The van der Waals surface area contributed by atoms with E-state index in [-0.39, 0.29) is 0 Å². The molecule has 0 amide bonds. The molecule has 0 aliphatic carbocycles. The molecule has 1 aromatic rings. The average Bonchev–Trinajstić information content (AvgIpc) is 2.53. The Hall–Kier alpha value is -1.40. The molecule has 1 atom stereocenters. The van der Waals surface area contributed by atoms with E-state index in [1.807, 2.05) is 24.3 Å². The van der Waals surface area contributed by atoms with E-state index >= 15 is 0 Å². The zero-order valence-electron chi connectivity index (χ0n) is 13.5. The van der Waals surface area contributed by atoms with Gasteiger partial charge in [0.1, 0.15) is 5.75 Å². The molecule has 0 aliphatic heterocycles. The molecule has 0 unspecified atom stereocenters. The molecule has 5 nitrogen and oxygen atoms in total. The van der Waals surface area contributed by atoms with Crippen molar-refractivity contribution in [2.75, 3.05) is 47.1 Å². The van der Waals surface area contributed by atoms with Gasteiger partial charge in [-0.25, -0.2) is 0 Å². The predicted molar refractivity (Wildman–Crippen MR) is 87.2 cm³/mol. The molecule has 0 heterocycles. The number of benzene rings is 1. The summed E-state index contributed by atoms with van der Waals surface area (Å²) in [4.78, 5) is 2.14. The molecule has 22 heavy (non-hydrogen) atoms. The topological polar surface area (TPSA) is 51.2 Å². The van der Waals surface area contributed by atoms with Crippen LogP contribution in [-0.4, -0.2) is 63.2 Å². The second-order valence-electron chi connectivity index (χ2n) is 5.06. The van der Waals surface area contributed by atoms with Gasteiger partial charge in [0, 0.05) is 26.7 Å². The van der Waals surface area contributed by atoms with Crippen molar-refractivity contribution in [2.45, 2.75) is 12.6 Å². The number of ether oxygens (including phenoxy) is 3. The van der Waals surface area contributed by atoms with Gasteiger partial charge in [0.25, 0.3) is 0 Å². The minimum absolute atomic E-state index is 0.299. The van der Waals surface area contributed by atoms with Gasteiger partial charge in [-0.05, 0) is 17.7 Å². The van der Waals surface area contributed by atoms with Gasteiger partial charge in [0.05, 0.1) is 33.0 Å². The third-order valence-electron chi connectivity index (χ3n) is 3.17. The molecule has 0 saturated heterocycles. The average molecular weight is 309 g/mol. The first-order valence-electron chi connectivity index (χ1n) is 7.40. The van der Waals surface area contributed by atoms with E-state index in [0.717, 1.165) is 24.4 Å². The first-order chi connectivity index (χ1) is 10.7. The van der Waals surface area contributed by atoms with Crippen molar-refractivity contribution >= 4 is 0 Å². The fourth-order valence-electron chi connectivity index (χ4n) is 2.12. The molecule has 0 aromatic heterocycles. The molecule has 0 bridgehead atoms. The fourth-order valence-corrected chi connectivity index (χ4v) is 2.12. The number of methoxy groups -OCH3 is 2. The highest BCUT2D eigenvalue weighted by atomic mass is 16.5. The summed E-state index contributed by atoms with van der Waals surface area (Å²) in [6.07, 6.45) is 1.13. The van der Waals surface area contributed by atoms with Crippen LogP contribution in [0.5, 0.6) is 5.75 Å². The van der Waals surface area contributed by atoms with E-state index in [0.29, 0.717) is 26.4 Å². The summed E-state index contributed by atoms with van der Waals surface area (Å²) >= 11 is 0. The Morgan fingerprint density at radius 1 is 1.36 bits per heavy atom. The van der Waals surface area contributed by atoms with Gasteiger partial charge in [0.15, 0.2) is 0 Å². The fraction of sp³-hybridized carbons (Fsp3) is 0.529. The monoisotopic (exact) mass is 309 g/mol. The number of hydrogen-bond donors (Lipinski definition) is 1. The summed E-state index contributed by atoms with van der Waals surface area (Å²) in [5.74, 6) is 0.832. The standard InChI is InChI=1S/C17H27NO4/c1-4-9-22-14-16(19)13-18(8-10-20-2)12-15-6-5-7-17(11-15)21-3/h4-7,11,16,19H,1,8-10,12-14H2,2-3H3/t16-/m0/s1. The molecule has 124 valence electrons. The van der Waals surface area contributed by atoms with E-state index in [2.05, 4.69) is 11.5 Å². The third kappa shape index (κ3) is 7.56. The van der Waals surface area contributed by atoms with Gasteiger partial charge in [-0.15, -0.1) is 6.58 Å². The van der Waals surface area contributed by atoms with E-state index in [1.54, 1.807) is 20.3 Å². The van der Waals surface area contributed by atoms with Crippen molar-refractivity contribution in [3.63, 3.8) is 0 Å². The predicted octanol–water partition coefficient (Wildman–Crippen LogP) is 1.71. The van der Waals surface area contributed by atoms with Crippen LogP contribution in [0, 0.1) is 0 Å². The summed E-state index contributed by atoms with van der Waals surface area (Å²) in [7, 11) is 3.33. The first kappa shape index (κ1) is 18.6. The second kappa shape index (κ2) is 11.2. The SMILES string of the molecule is C=CCOC[C@@H](O)CN(CCOC)Cc1cccc(OC)c1. The van der Waals surface area contributed by atoms with Crippen LogP contribution in [0.4, 0.5) is 0 Å². The number of rotatable bonds is 12. The molecule has 0 radical (unpaired) electrons. The van der Waals surface area contributed by atoms with Crippen molar-refractivity contribution in [1.29, 1.82) is 0 Å². The molecule has 0 fully saturated rings. The quantitative estimate of drug-likeness (QED) is 0.470. The highest BCUT2D eigenvalue weighted by Gasteiger charge is 2.13. The van der Waals surface area contributed by atoms with Crippen LogP contribution >= 0.6 is 0 Å². The Bertz CT molecular complexity index is 425.